The van der Waals surface area contributed by atoms with Gasteiger partial charge in [-0.2, -0.15) is 0 Å². The summed E-state index contributed by atoms with van der Waals surface area (Å²) in [6, 6.07) is 12.8. The molecule has 0 amide bonds. The standard InChI is InChI=1S/C16H21NO2/c1-11(10-18)17-12(2)13-4-5-15-9-16(19-3)7-6-14(15)8-13/h4-9,11-12,17-18H,10H2,1-3H3/t11-,12?/m1/s1. The van der Waals surface area contributed by atoms with Gasteiger partial charge in [0.1, 0.15) is 5.75 Å². The normalized spacial score (nSPS) is 14.3. The fourth-order valence-corrected chi connectivity index (χ4v) is 2.21. The first kappa shape index (κ1) is 13.8. The van der Waals surface area contributed by atoms with Crippen LogP contribution < -0.4 is 10.1 Å². The zero-order valence-electron chi connectivity index (χ0n) is 11.7. The quantitative estimate of drug-likeness (QED) is 0.867. The number of aliphatic hydroxyl groups excluding tert-OH is 1. The van der Waals surface area contributed by atoms with E-state index in [1.54, 1.807) is 7.11 Å². The highest BCUT2D eigenvalue weighted by atomic mass is 16.5. The summed E-state index contributed by atoms with van der Waals surface area (Å²) >= 11 is 0. The molecule has 3 nitrogen and oxygen atoms in total. The Kier molecular flexibility index (Phi) is 4.40. The molecular weight excluding hydrogens is 238 g/mol. The van der Waals surface area contributed by atoms with Gasteiger partial charge >= 0.3 is 0 Å². The fraction of sp³-hybridized carbons (Fsp3) is 0.375. The average Bonchev–Trinajstić information content (AvgIpc) is 2.45. The monoisotopic (exact) mass is 259 g/mol. The van der Waals surface area contributed by atoms with Crippen LogP contribution in [0.5, 0.6) is 5.75 Å². The molecule has 2 atom stereocenters. The van der Waals surface area contributed by atoms with Gasteiger partial charge in [0.2, 0.25) is 0 Å². The van der Waals surface area contributed by atoms with Gasteiger partial charge in [0.25, 0.3) is 0 Å². The van der Waals surface area contributed by atoms with Crippen molar-refractivity contribution in [2.24, 2.45) is 0 Å². The summed E-state index contributed by atoms with van der Waals surface area (Å²) in [6.45, 7) is 4.23. The Balaban J connectivity index is 2.26. The van der Waals surface area contributed by atoms with E-state index in [1.165, 1.54) is 16.3 Å². The molecule has 2 N–H and O–H groups in total. The maximum absolute atomic E-state index is 9.08. The van der Waals surface area contributed by atoms with Crippen LogP contribution in [0.15, 0.2) is 36.4 Å². The van der Waals surface area contributed by atoms with E-state index in [0.717, 1.165) is 5.75 Å². The molecule has 2 aromatic carbocycles. The molecule has 0 aliphatic carbocycles. The van der Waals surface area contributed by atoms with Gasteiger partial charge in [-0.1, -0.05) is 18.2 Å². The molecule has 0 radical (unpaired) electrons. The molecule has 0 fully saturated rings. The largest absolute Gasteiger partial charge is 0.497 e. The highest BCUT2D eigenvalue weighted by molar-refractivity contribution is 5.84. The van der Waals surface area contributed by atoms with E-state index in [1.807, 2.05) is 19.1 Å². The summed E-state index contributed by atoms with van der Waals surface area (Å²) in [7, 11) is 1.68. The summed E-state index contributed by atoms with van der Waals surface area (Å²) < 4.78 is 5.23. The number of fused-ring (bicyclic) bond motifs is 1. The fourth-order valence-electron chi connectivity index (χ4n) is 2.21. The molecular formula is C16H21NO2. The van der Waals surface area contributed by atoms with Crippen LogP contribution in [-0.4, -0.2) is 24.9 Å². The molecule has 2 aromatic rings. The molecule has 1 unspecified atom stereocenters. The number of rotatable bonds is 5. The first-order valence-electron chi connectivity index (χ1n) is 6.58. The summed E-state index contributed by atoms with van der Waals surface area (Å²) in [6.07, 6.45) is 0. The maximum atomic E-state index is 9.08. The molecule has 19 heavy (non-hydrogen) atoms. The minimum Gasteiger partial charge on any atom is -0.497 e. The molecule has 0 aliphatic rings. The molecule has 0 aliphatic heterocycles. The lowest BCUT2D eigenvalue weighted by Crippen LogP contribution is -2.31. The average molecular weight is 259 g/mol. The number of methoxy groups -OCH3 is 1. The molecule has 3 heteroatoms. The third-order valence-corrected chi connectivity index (χ3v) is 3.38. The zero-order valence-corrected chi connectivity index (χ0v) is 11.7. The number of ether oxygens (including phenoxy) is 1. The Morgan fingerprint density at radius 1 is 1.11 bits per heavy atom. The van der Waals surface area contributed by atoms with Gasteiger partial charge in [-0.3, -0.25) is 0 Å². The summed E-state index contributed by atoms with van der Waals surface area (Å²) in [5.41, 5.74) is 1.22. The van der Waals surface area contributed by atoms with E-state index in [9.17, 15) is 0 Å². The van der Waals surface area contributed by atoms with Crippen LogP contribution in [0.25, 0.3) is 10.8 Å². The van der Waals surface area contributed by atoms with E-state index in [-0.39, 0.29) is 18.7 Å². The SMILES string of the molecule is COc1ccc2cc(C(C)N[C@H](C)CO)ccc2c1. The van der Waals surface area contributed by atoms with Crippen LogP contribution in [0.3, 0.4) is 0 Å². The molecule has 0 saturated heterocycles. The van der Waals surface area contributed by atoms with Crippen molar-refractivity contribution in [3.8, 4) is 5.75 Å². The highest BCUT2D eigenvalue weighted by Gasteiger charge is 2.09. The van der Waals surface area contributed by atoms with Crippen LogP contribution >= 0.6 is 0 Å². The highest BCUT2D eigenvalue weighted by Crippen LogP contribution is 2.24. The second kappa shape index (κ2) is 6.04. The van der Waals surface area contributed by atoms with E-state index in [2.05, 4.69) is 36.5 Å². The van der Waals surface area contributed by atoms with Gasteiger partial charge in [0.05, 0.1) is 13.7 Å². The predicted molar refractivity (Wildman–Crippen MR) is 78.6 cm³/mol. The lowest BCUT2D eigenvalue weighted by molar-refractivity contribution is 0.243. The predicted octanol–water partition coefficient (Wildman–Crippen LogP) is 2.88. The van der Waals surface area contributed by atoms with Crippen LogP contribution in [-0.2, 0) is 0 Å². The first-order chi connectivity index (χ1) is 9.13. The van der Waals surface area contributed by atoms with Crippen molar-refractivity contribution >= 4 is 10.8 Å². The van der Waals surface area contributed by atoms with Gasteiger partial charge in [-0.05, 0) is 48.4 Å². The lowest BCUT2D eigenvalue weighted by atomic mass is 10.0. The van der Waals surface area contributed by atoms with Crippen molar-refractivity contribution in [1.82, 2.24) is 5.32 Å². The van der Waals surface area contributed by atoms with Crippen LogP contribution in [0.2, 0.25) is 0 Å². The van der Waals surface area contributed by atoms with Crippen molar-refractivity contribution in [3.63, 3.8) is 0 Å². The summed E-state index contributed by atoms with van der Waals surface area (Å²) in [5.74, 6) is 0.875. The van der Waals surface area contributed by atoms with Crippen LogP contribution in [0.4, 0.5) is 0 Å². The van der Waals surface area contributed by atoms with Crippen molar-refractivity contribution in [2.75, 3.05) is 13.7 Å². The van der Waals surface area contributed by atoms with E-state index < -0.39 is 0 Å². The Labute approximate surface area is 114 Å². The van der Waals surface area contributed by atoms with Gasteiger partial charge < -0.3 is 15.2 Å². The third kappa shape index (κ3) is 3.25. The topological polar surface area (TPSA) is 41.5 Å². The van der Waals surface area contributed by atoms with Gasteiger partial charge in [-0.25, -0.2) is 0 Å². The van der Waals surface area contributed by atoms with Gasteiger partial charge in [-0.15, -0.1) is 0 Å². The van der Waals surface area contributed by atoms with Crippen molar-refractivity contribution < 1.29 is 9.84 Å². The molecule has 2 rings (SSSR count). The van der Waals surface area contributed by atoms with Crippen molar-refractivity contribution in [3.05, 3.63) is 42.0 Å². The smallest absolute Gasteiger partial charge is 0.119 e. The Morgan fingerprint density at radius 2 is 1.79 bits per heavy atom. The third-order valence-electron chi connectivity index (χ3n) is 3.38. The van der Waals surface area contributed by atoms with Crippen molar-refractivity contribution in [1.29, 1.82) is 0 Å². The second-order valence-electron chi connectivity index (χ2n) is 4.94. The number of hydrogen-bond acceptors (Lipinski definition) is 3. The molecule has 0 spiro atoms. The lowest BCUT2D eigenvalue weighted by Gasteiger charge is -2.19. The van der Waals surface area contributed by atoms with Crippen LogP contribution in [0.1, 0.15) is 25.5 Å². The molecule has 102 valence electrons. The minimum absolute atomic E-state index is 0.0987. The number of hydrogen-bond donors (Lipinski definition) is 2. The minimum atomic E-state index is 0.0987. The van der Waals surface area contributed by atoms with Crippen molar-refractivity contribution in [2.45, 2.75) is 25.9 Å². The number of aliphatic hydroxyl groups is 1. The van der Waals surface area contributed by atoms with Gasteiger partial charge in [0, 0.05) is 12.1 Å². The van der Waals surface area contributed by atoms with E-state index in [0.29, 0.717) is 0 Å². The second-order valence-corrected chi connectivity index (χ2v) is 4.94. The maximum Gasteiger partial charge on any atom is 0.119 e. The Bertz CT molecular complexity index is 553. The molecule has 0 bridgehead atoms. The first-order valence-corrected chi connectivity index (χ1v) is 6.58. The van der Waals surface area contributed by atoms with E-state index in [4.69, 9.17) is 9.84 Å². The van der Waals surface area contributed by atoms with Crippen LogP contribution in [0, 0.1) is 0 Å². The summed E-state index contributed by atoms with van der Waals surface area (Å²) in [5, 5.41) is 14.8. The Morgan fingerprint density at radius 3 is 2.47 bits per heavy atom. The van der Waals surface area contributed by atoms with Gasteiger partial charge in [0.15, 0.2) is 0 Å². The molecule has 0 heterocycles. The number of nitrogens with one attached hydrogen (secondary N) is 1. The zero-order chi connectivity index (χ0) is 13.8. The number of benzene rings is 2. The Hall–Kier alpha value is -1.58. The van der Waals surface area contributed by atoms with E-state index >= 15 is 0 Å². The molecule has 0 saturated carbocycles. The summed E-state index contributed by atoms with van der Waals surface area (Å²) in [4.78, 5) is 0. The molecule has 0 aromatic heterocycles.